The highest BCUT2D eigenvalue weighted by Gasteiger charge is 2.27. The molecule has 0 saturated carbocycles. The summed E-state index contributed by atoms with van der Waals surface area (Å²) in [6.07, 6.45) is 1.16. The van der Waals surface area contributed by atoms with Crippen molar-refractivity contribution in [3.63, 3.8) is 0 Å². The molecular weight excluding hydrogens is 380 g/mol. The zero-order valence-corrected chi connectivity index (χ0v) is 17.4. The fourth-order valence-corrected chi connectivity index (χ4v) is 3.89. The summed E-state index contributed by atoms with van der Waals surface area (Å²) in [5, 5.41) is 2.64. The van der Waals surface area contributed by atoms with Crippen molar-refractivity contribution in [3.05, 3.63) is 39.8 Å². The van der Waals surface area contributed by atoms with Gasteiger partial charge < -0.3 is 0 Å². The first kappa shape index (κ1) is 20.2. The van der Waals surface area contributed by atoms with E-state index in [1.54, 1.807) is 32.9 Å². The lowest BCUT2D eigenvalue weighted by molar-refractivity contribution is -0.123. The van der Waals surface area contributed by atoms with Gasteiger partial charge in [0.2, 0.25) is 21.9 Å². The maximum absolute atomic E-state index is 12.8. The molecule has 0 radical (unpaired) electrons. The molecule has 1 amide bonds. The molecule has 1 aromatic carbocycles. The normalized spacial score (nSPS) is 13.8. The Morgan fingerprint density at radius 2 is 1.89 bits per heavy atom. The van der Waals surface area contributed by atoms with Gasteiger partial charge in [0.25, 0.3) is 5.56 Å². The zero-order valence-electron chi connectivity index (χ0n) is 16.6. The van der Waals surface area contributed by atoms with E-state index < -0.39 is 21.0 Å². The number of aromatic nitrogens is 2. The Bertz CT molecular complexity index is 1110. The van der Waals surface area contributed by atoms with E-state index in [0.717, 1.165) is 9.87 Å². The molecule has 1 aromatic heterocycles. The standard InChI is InChI=1S/C19H24N4O4S/c1-19(2,3)17(25)22-18-20-14-9-7-11-6-8-12(28(26,27)23(4)5)10-13(11)15(14)16(24)21-18/h6,8,10H,7,9H2,1-5H3,(H2,20,21,22,24,25). The Morgan fingerprint density at radius 1 is 1.21 bits per heavy atom. The van der Waals surface area contributed by atoms with Crippen LogP contribution in [0.4, 0.5) is 5.95 Å². The zero-order chi connectivity index (χ0) is 20.9. The van der Waals surface area contributed by atoms with Gasteiger partial charge in [0.15, 0.2) is 0 Å². The molecule has 0 saturated heterocycles. The Balaban J connectivity index is 2.09. The highest BCUT2D eigenvalue weighted by molar-refractivity contribution is 7.89. The van der Waals surface area contributed by atoms with Crippen molar-refractivity contribution in [3.8, 4) is 11.1 Å². The molecule has 1 heterocycles. The minimum absolute atomic E-state index is 0.101. The number of aryl methyl sites for hydroxylation is 2. The highest BCUT2D eigenvalue weighted by Crippen LogP contribution is 2.32. The summed E-state index contributed by atoms with van der Waals surface area (Å²) in [5.41, 5.74) is 1.31. The van der Waals surface area contributed by atoms with Crippen LogP contribution < -0.4 is 10.9 Å². The molecule has 8 nitrogen and oxygen atoms in total. The molecular formula is C19H24N4O4S. The summed E-state index contributed by atoms with van der Waals surface area (Å²) in [4.78, 5) is 32.1. The van der Waals surface area contributed by atoms with E-state index in [1.807, 2.05) is 0 Å². The van der Waals surface area contributed by atoms with Crippen molar-refractivity contribution < 1.29 is 13.2 Å². The van der Waals surface area contributed by atoms with E-state index in [0.29, 0.717) is 29.7 Å². The first-order chi connectivity index (χ1) is 12.9. The first-order valence-electron chi connectivity index (χ1n) is 8.92. The number of nitrogens with zero attached hydrogens (tertiary/aromatic N) is 2. The third-order valence-electron chi connectivity index (χ3n) is 4.67. The van der Waals surface area contributed by atoms with Crippen molar-refractivity contribution in [1.82, 2.24) is 14.3 Å². The van der Waals surface area contributed by atoms with Crippen LogP contribution >= 0.6 is 0 Å². The van der Waals surface area contributed by atoms with E-state index in [-0.39, 0.29) is 16.8 Å². The largest absolute Gasteiger partial charge is 0.296 e. The molecule has 3 rings (SSSR count). The van der Waals surface area contributed by atoms with Gasteiger partial charge in [-0.25, -0.2) is 17.7 Å². The van der Waals surface area contributed by atoms with Crippen LogP contribution in [0.25, 0.3) is 11.1 Å². The van der Waals surface area contributed by atoms with Crippen LogP contribution in [0.2, 0.25) is 0 Å². The van der Waals surface area contributed by atoms with Crippen molar-refractivity contribution in [1.29, 1.82) is 0 Å². The summed E-state index contributed by atoms with van der Waals surface area (Å²) in [6.45, 7) is 5.30. The fourth-order valence-electron chi connectivity index (χ4n) is 2.96. The smallest absolute Gasteiger partial charge is 0.260 e. The molecule has 0 bridgehead atoms. The van der Waals surface area contributed by atoms with Gasteiger partial charge in [0.1, 0.15) is 0 Å². The number of amides is 1. The number of nitrogens with one attached hydrogen (secondary N) is 2. The quantitative estimate of drug-likeness (QED) is 0.810. The molecule has 0 spiro atoms. The van der Waals surface area contributed by atoms with Crippen molar-refractivity contribution in [2.24, 2.45) is 5.41 Å². The molecule has 1 aliphatic rings. The lowest BCUT2D eigenvalue weighted by atomic mass is 9.89. The van der Waals surface area contributed by atoms with Crippen molar-refractivity contribution in [2.75, 3.05) is 19.4 Å². The maximum atomic E-state index is 12.8. The molecule has 0 unspecified atom stereocenters. The summed E-state index contributed by atoms with van der Waals surface area (Å²) < 4.78 is 26.1. The molecule has 0 aliphatic heterocycles. The third-order valence-corrected chi connectivity index (χ3v) is 6.48. The van der Waals surface area contributed by atoms with Crippen LogP contribution in [0.3, 0.4) is 0 Å². The molecule has 2 aromatic rings. The number of fused-ring (bicyclic) bond motifs is 3. The molecule has 0 fully saturated rings. The lowest BCUT2D eigenvalue weighted by Gasteiger charge is -2.21. The average molecular weight is 404 g/mol. The molecule has 150 valence electrons. The number of rotatable bonds is 3. The van der Waals surface area contributed by atoms with Crippen LogP contribution in [-0.2, 0) is 27.7 Å². The summed E-state index contributed by atoms with van der Waals surface area (Å²) in [5.74, 6) is -0.157. The van der Waals surface area contributed by atoms with Gasteiger partial charge in [-0.1, -0.05) is 26.8 Å². The third kappa shape index (κ3) is 3.59. The fraction of sp³-hybridized carbons (Fsp3) is 0.421. The lowest BCUT2D eigenvalue weighted by Crippen LogP contribution is -2.30. The minimum atomic E-state index is -3.62. The van der Waals surface area contributed by atoms with Gasteiger partial charge >= 0.3 is 0 Å². The topological polar surface area (TPSA) is 112 Å². The number of benzene rings is 1. The number of carbonyl (C=O) groups excluding carboxylic acids is 1. The molecule has 2 N–H and O–H groups in total. The maximum Gasteiger partial charge on any atom is 0.260 e. The van der Waals surface area contributed by atoms with Crippen molar-refractivity contribution in [2.45, 2.75) is 38.5 Å². The molecule has 9 heteroatoms. The number of hydrogen-bond donors (Lipinski definition) is 2. The SMILES string of the molecule is CN(C)S(=O)(=O)c1ccc2c(c1)-c1c(nc(NC(=O)C(C)(C)C)[nH]c1=O)CC2. The number of anilines is 1. The van der Waals surface area contributed by atoms with Crippen LogP contribution in [0.1, 0.15) is 32.0 Å². The predicted molar refractivity (Wildman–Crippen MR) is 107 cm³/mol. The summed E-state index contributed by atoms with van der Waals surface area (Å²) in [6, 6.07) is 4.81. The monoisotopic (exact) mass is 404 g/mol. The van der Waals surface area contributed by atoms with Gasteiger partial charge in [-0.05, 0) is 36.1 Å². The first-order valence-corrected chi connectivity index (χ1v) is 10.4. The van der Waals surface area contributed by atoms with E-state index in [1.165, 1.54) is 20.2 Å². The second-order valence-electron chi connectivity index (χ2n) is 8.05. The van der Waals surface area contributed by atoms with Gasteiger partial charge in [0.05, 0.1) is 16.2 Å². The minimum Gasteiger partial charge on any atom is -0.296 e. The molecule has 28 heavy (non-hydrogen) atoms. The van der Waals surface area contributed by atoms with E-state index >= 15 is 0 Å². The highest BCUT2D eigenvalue weighted by atomic mass is 32.2. The van der Waals surface area contributed by atoms with Crippen LogP contribution in [-0.4, -0.2) is 42.7 Å². The van der Waals surface area contributed by atoms with Gasteiger partial charge in [0, 0.05) is 19.5 Å². The number of H-pyrrole nitrogens is 1. The molecule has 0 atom stereocenters. The van der Waals surface area contributed by atoms with Gasteiger partial charge in [-0.3, -0.25) is 19.9 Å². The van der Waals surface area contributed by atoms with E-state index in [2.05, 4.69) is 15.3 Å². The van der Waals surface area contributed by atoms with Crippen LogP contribution in [0, 0.1) is 5.41 Å². The number of sulfonamides is 1. The number of hydrogen-bond acceptors (Lipinski definition) is 5. The number of aromatic amines is 1. The van der Waals surface area contributed by atoms with E-state index in [9.17, 15) is 18.0 Å². The van der Waals surface area contributed by atoms with Gasteiger partial charge in [-0.2, -0.15) is 0 Å². The van der Waals surface area contributed by atoms with E-state index in [4.69, 9.17) is 0 Å². The predicted octanol–water partition coefficient (Wildman–Crippen LogP) is 1.77. The van der Waals surface area contributed by atoms with Crippen LogP contribution in [0.15, 0.2) is 27.9 Å². The Kier molecular flexibility index (Phi) is 4.93. The van der Waals surface area contributed by atoms with Crippen LogP contribution in [0.5, 0.6) is 0 Å². The van der Waals surface area contributed by atoms with Crippen molar-refractivity contribution >= 4 is 21.9 Å². The second-order valence-corrected chi connectivity index (χ2v) is 10.2. The Labute approximate surface area is 164 Å². The average Bonchev–Trinajstić information content (AvgIpc) is 2.59. The molecule has 1 aliphatic carbocycles. The Hall–Kier alpha value is -2.52. The number of carbonyl (C=O) groups is 1. The summed E-state index contributed by atoms with van der Waals surface area (Å²) >= 11 is 0. The Morgan fingerprint density at radius 3 is 2.50 bits per heavy atom. The van der Waals surface area contributed by atoms with Gasteiger partial charge in [-0.15, -0.1) is 0 Å². The summed E-state index contributed by atoms with van der Waals surface area (Å²) in [7, 11) is -0.703. The second kappa shape index (κ2) is 6.82.